The van der Waals surface area contributed by atoms with Crippen molar-refractivity contribution in [2.45, 2.75) is 44.8 Å². The van der Waals surface area contributed by atoms with Gasteiger partial charge >= 0.3 is 6.18 Å². The zero-order valence-electron chi connectivity index (χ0n) is 22.9. The molecule has 1 N–H and O–H groups in total. The molecule has 0 radical (unpaired) electrons. The number of Topliss-reactive ketones (excluding diaryl/α,β-unsaturated/α-hetero) is 1. The summed E-state index contributed by atoms with van der Waals surface area (Å²) in [6.07, 6.45) is -5.26. The van der Waals surface area contributed by atoms with Gasteiger partial charge in [0.05, 0.1) is 26.9 Å². The molecule has 0 saturated heterocycles. The smallest absolute Gasteiger partial charge is 0.425 e. The molecular weight excluding hydrogens is 529 g/mol. The van der Waals surface area contributed by atoms with E-state index in [0.29, 0.717) is 22.8 Å². The van der Waals surface area contributed by atoms with Gasteiger partial charge in [0, 0.05) is 24.2 Å². The van der Waals surface area contributed by atoms with Crippen molar-refractivity contribution in [3.63, 3.8) is 0 Å². The van der Waals surface area contributed by atoms with Gasteiger partial charge in [-0.2, -0.15) is 13.2 Å². The second-order valence-electron chi connectivity index (χ2n) is 10.6. The minimum absolute atomic E-state index is 0.0147. The summed E-state index contributed by atoms with van der Waals surface area (Å²) in [5.41, 5.74) is -4.35. The predicted molar refractivity (Wildman–Crippen MR) is 139 cm³/mol. The van der Waals surface area contributed by atoms with E-state index < -0.39 is 40.3 Å². The van der Waals surface area contributed by atoms with Crippen LogP contribution in [-0.4, -0.2) is 62.1 Å². The molecule has 40 heavy (non-hydrogen) atoms. The average Bonchev–Trinajstić information content (AvgIpc) is 3.13. The van der Waals surface area contributed by atoms with Gasteiger partial charge in [-0.25, -0.2) is 0 Å². The van der Waals surface area contributed by atoms with E-state index in [1.165, 1.54) is 45.6 Å². The zero-order chi connectivity index (χ0) is 29.5. The van der Waals surface area contributed by atoms with Crippen LogP contribution in [0.3, 0.4) is 0 Å². The lowest BCUT2D eigenvalue weighted by molar-refractivity contribution is -0.190. The topological polar surface area (TPSA) is 94.2 Å². The van der Waals surface area contributed by atoms with Crippen LogP contribution in [0, 0.1) is 5.41 Å². The van der Waals surface area contributed by atoms with E-state index in [1.807, 2.05) is 5.32 Å². The molecular formula is C29H31F3N2O6. The molecule has 11 heteroatoms. The SMILES string of the molecule is COc1ccc(C(=O)NC2(C(F)(F)F)C(=O)N(CCc3ccc(OC)c(OC)c3)C3=C2C(=O)CC(C)(C)C3)cc1. The van der Waals surface area contributed by atoms with E-state index in [1.54, 1.807) is 32.0 Å². The minimum Gasteiger partial charge on any atom is -0.497 e. The molecule has 0 bridgehead atoms. The molecule has 8 nitrogen and oxygen atoms in total. The maximum absolute atomic E-state index is 15.0. The van der Waals surface area contributed by atoms with Crippen molar-refractivity contribution in [1.29, 1.82) is 0 Å². The summed E-state index contributed by atoms with van der Waals surface area (Å²) in [4.78, 5) is 41.3. The number of halogens is 3. The Balaban J connectivity index is 1.76. The zero-order valence-corrected chi connectivity index (χ0v) is 22.9. The summed E-state index contributed by atoms with van der Waals surface area (Å²) in [6, 6.07) is 10.5. The summed E-state index contributed by atoms with van der Waals surface area (Å²) in [5, 5.41) is 1.94. The van der Waals surface area contributed by atoms with Crippen LogP contribution in [0.25, 0.3) is 0 Å². The fourth-order valence-electron chi connectivity index (χ4n) is 5.32. The molecule has 0 spiro atoms. The normalized spacial score (nSPS) is 20.4. The van der Waals surface area contributed by atoms with E-state index in [-0.39, 0.29) is 37.1 Å². The third-order valence-corrected chi connectivity index (χ3v) is 7.27. The standard InChI is InChI=1S/C29H31F3N2O6/c1-27(2)15-20-24(21(35)16-27)28(29(30,31)32,33-25(36)18-7-9-19(38-3)10-8-18)26(37)34(20)13-12-17-6-11-22(39-4)23(14-17)40-5/h6-11,14H,12-13,15-16H2,1-5H3,(H,33,36). The Morgan fingerprint density at radius 2 is 1.60 bits per heavy atom. The number of allylic oxidation sites excluding steroid dienone is 1. The monoisotopic (exact) mass is 560 g/mol. The van der Waals surface area contributed by atoms with Crippen molar-refractivity contribution in [2.24, 2.45) is 5.41 Å². The van der Waals surface area contributed by atoms with Gasteiger partial charge in [-0.3, -0.25) is 14.4 Å². The lowest BCUT2D eigenvalue weighted by Crippen LogP contribution is -2.66. The van der Waals surface area contributed by atoms with Crippen LogP contribution in [0.2, 0.25) is 0 Å². The first-order valence-corrected chi connectivity index (χ1v) is 12.6. The lowest BCUT2D eigenvalue weighted by Gasteiger charge is -2.35. The van der Waals surface area contributed by atoms with Gasteiger partial charge in [-0.05, 0) is 60.2 Å². The Kier molecular flexibility index (Phi) is 7.62. The lowest BCUT2D eigenvalue weighted by atomic mass is 9.72. The van der Waals surface area contributed by atoms with Crippen molar-refractivity contribution >= 4 is 17.6 Å². The third kappa shape index (κ3) is 5.00. The number of methoxy groups -OCH3 is 3. The van der Waals surface area contributed by atoms with Crippen LogP contribution in [-0.2, 0) is 16.0 Å². The van der Waals surface area contributed by atoms with E-state index in [0.717, 1.165) is 4.90 Å². The molecule has 2 aromatic carbocycles. The molecule has 1 heterocycles. The Labute approximate surface area is 230 Å². The van der Waals surface area contributed by atoms with E-state index >= 15 is 13.2 Å². The Morgan fingerprint density at radius 1 is 0.950 bits per heavy atom. The van der Waals surface area contributed by atoms with E-state index in [4.69, 9.17) is 14.2 Å². The molecule has 2 aliphatic rings. The number of amides is 2. The summed E-state index contributed by atoms with van der Waals surface area (Å²) >= 11 is 0. The highest BCUT2D eigenvalue weighted by Crippen LogP contribution is 2.51. The highest BCUT2D eigenvalue weighted by Gasteiger charge is 2.71. The number of nitrogens with zero attached hydrogens (tertiary/aromatic N) is 1. The first-order chi connectivity index (χ1) is 18.8. The van der Waals surface area contributed by atoms with Crippen LogP contribution in [0.4, 0.5) is 13.2 Å². The van der Waals surface area contributed by atoms with Gasteiger partial charge in [-0.15, -0.1) is 0 Å². The molecule has 2 aromatic rings. The molecule has 1 aliphatic carbocycles. The number of rotatable bonds is 8. The average molecular weight is 561 g/mol. The van der Waals surface area contributed by atoms with Crippen molar-refractivity contribution < 1.29 is 41.8 Å². The maximum atomic E-state index is 15.0. The van der Waals surface area contributed by atoms with Crippen molar-refractivity contribution in [3.05, 3.63) is 64.9 Å². The number of ketones is 1. The summed E-state index contributed by atoms with van der Waals surface area (Å²) in [7, 11) is 4.35. The van der Waals surface area contributed by atoms with Crippen molar-refractivity contribution in [1.82, 2.24) is 10.2 Å². The molecule has 1 aliphatic heterocycles. The maximum Gasteiger partial charge on any atom is 0.425 e. The van der Waals surface area contributed by atoms with Crippen molar-refractivity contribution in [2.75, 3.05) is 27.9 Å². The van der Waals surface area contributed by atoms with Crippen LogP contribution in [0.1, 0.15) is 42.6 Å². The molecule has 1 atom stereocenters. The molecule has 1 unspecified atom stereocenters. The first kappa shape index (κ1) is 29.0. The number of hydrogen-bond acceptors (Lipinski definition) is 6. The fourth-order valence-corrected chi connectivity index (χ4v) is 5.32. The van der Waals surface area contributed by atoms with Gasteiger partial charge in [0.2, 0.25) is 5.54 Å². The number of ether oxygens (including phenoxy) is 3. The van der Waals surface area contributed by atoms with Crippen molar-refractivity contribution in [3.8, 4) is 17.2 Å². The predicted octanol–water partition coefficient (Wildman–Crippen LogP) is 4.47. The highest BCUT2D eigenvalue weighted by molar-refractivity contribution is 6.14. The minimum atomic E-state index is -5.29. The molecule has 0 fully saturated rings. The van der Waals surface area contributed by atoms with E-state index in [9.17, 15) is 14.4 Å². The van der Waals surface area contributed by atoms with Gasteiger partial charge in [-0.1, -0.05) is 19.9 Å². The fraction of sp³-hybridized carbons (Fsp3) is 0.414. The summed E-state index contributed by atoms with van der Waals surface area (Å²) in [5.74, 6) is -2.06. The number of carbonyl (C=O) groups is 3. The molecule has 2 amide bonds. The van der Waals surface area contributed by atoms with E-state index in [2.05, 4.69) is 0 Å². The van der Waals surface area contributed by atoms with Gasteiger partial charge in [0.25, 0.3) is 11.8 Å². The number of hydrogen-bond donors (Lipinski definition) is 1. The molecule has 214 valence electrons. The second kappa shape index (κ2) is 10.5. The van der Waals surface area contributed by atoms with Gasteiger partial charge in [0.1, 0.15) is 5.75 Å². The van der Waals surface area contributed by atoms with Crippen LogP contribution in [0.5, 0.6) is 17.2 Å². The Bertz CT molecular complexity index is 1370. The van der Waals surface area contributed by atoms with Crippen LogP contribution in [0.15, 0.2) is 53.7 Å². The van der Waals surface area contributed by atoms with Crippen LogP contribution < -0.4 is 19.5 Å². The molecule has 0 aromatic heterocycles. The molecule has 0 saturated carbocycles. The number of benzene rings is 2. The number of nitrogens with one attached hydrogen (secondary N) is 1. The Morgan fingerprint density at radius 3 is 2.17 bits per heavy atom. The van der Waals surface area contributed by atoms with Gasteiger partial charge < -0.3 is 24.4 Å². The largest absolute Gasteiger partial charge is 0.497 e. The summed E-state index contributed by atoms with van der Waals surface area (Å²) in [6.45, 7) is 3.37. The number of alkyl halides is 3. The Hall–Kier alpha value is -4.02. The quantitative estimate of drug-likeness (QED) is 0.512. The number of carbonyl (C=O) groups excluding carboxylic acids is 3. The molecule has 4 rings (SSSR count). The van der Waals surface area contributed by atoms with Gasteiger partial charge in [0.15, 0.2) is 17.3 Å². The third-order valence-electron chi connectivity index (χ3n) is 7.27. The summed E-state index contributed by atoms with van der Waals surface area (Å²) < 4.78 is 60.6. The first-order valence-electron chi connectivity index (χ1n) is 12.6. The van der Waals surface area contributed by atoms with Crippen LogP contribution >= 0.6 is 0 Å². The second-order valence-corrected chi connectivity index (χ2v) is 10.6. The highest BCUT2D eigenvalue weighted by atomic mass is 19.4.